The highest BCUT2D eigenvalue weighted by Crippen LogP contribution is 2.43. The van der Waals surface area contributed by atoms with Crippen molar-refractivity contribution in [1.82, 2.24) is 0 Å². The van der Waals surface area contributed by atoms with Crippen LogP contribution in [0.2, 0.25) is 0 Å². The maximum absolute atomic E-state index is 12.6. The van der Waals surface area contributed by atoms with Crippen molar-refractivity contribution in [2.45, 2.75) is 173 Å². The molecule has 10 nitrogen and oxygen atoms in total. The van der Waals surface area contributed by atoms with Crippen molar-refractivity contribution < 1.29 is 42.3 Å². The molecule has 4 atom stereocenters. The molecular formula is C41H72NO9P. The number of hydrogen-bond acceptors (Lipinski definition) is 9. The van der Waals surface area contributed by atoms with Crippen molar-refractivity contribution in [3.63, 3.8) is 0 Å². The number of carbonyl (C=O) groups excluding carboxylic acids is 2. The fourth-order valence-electron chi connectivity index (χ4n) is 5.54. The minimum absolute atomic E-state index is 0.0438. The average molecular weight is 754 g/mol. The highest BCUT2D eigenvalue weighted by molar-refractivity contribution is 7.47. The SMILES string of the molecule is CC/C=C\C/C=C\C/C=C\CCCCCCCC(=O)OC[C@H](COP(=O)(O)OCCN)OC(=O)CCCCCCCC1OC1C/C=C\CCCCC. The Morgan fingerprint density at radius 2 is 1.31 bits per heavy atom. The van der Waals surface area contributed by atoms with E-state index in [9.17, 15) is 19.0 Å². The molecule has 0 amide bonds. The number of ether oxygens (including phenoxy) is 3. The average Bonchev–Trinajstić information content (AvgIpc) is 3.89. The Bertz CT molecular complexity index is 1060. The van der Waals surface area contributed by atoms with Gasteiger partial charge in [0.25, 0.3) is 0 Å². The fraction of sp³-hybridized carbons (Fsp3) is 0.756. The molecule has 1 fully saturated rings. The van der Waals surface area contributed by atoms with E-state index in [1.165, 1.54) is 19.3 Å². The van der Waals surface area contributed by atoms with Crippen LogP contribution in [0.5, 0.6) is 0 Å². The van der Waals surface area contributed by atoms with Crippen LogP contribution in [0.1, 0.15) is 155 Å². The highest BCUT2D eigenvalue weighted by Gasteiger charge is 2.36. The number of rotatable bonds is 36. The molecule has 52 heavy (non-hydrogen) atoms. The van der Waals surface area contributed by atoms with Gasteiger partial charge in [0.05, 0.1) is 25.4 Å². The van der Waals surface area contributed by atoms with Crippen molar-refractivity contribution in [1.29, 1.82) is 0 Å². The van der Waals surface area contributed by atoms with Gasteiger partial charge in [0.1, 0.15) is 6.61 Å². The van der Waals surface area contributed by atoms with Gasteiger partial charge >= 0.3 is 19.8 Å². The Balaban J connectivity index is 2.23. The minimum atomic E-state index is -4.39. The van der Waals surface area contributed by atoms with Gasteiger partial charge in [-0.2, -0.15) is 0 Å². The minimum Gasteiger partial charge on any atom is -0.462 e. The smallest absolute Gasteiger partial charge is 0.462 e. The lowest BCUT2D eigenvalue weighted by Gasteiger charge is -2.19. The molecule has 1 aliphatic rings. The van der Waals surface area contributed by atoms with E-state index in [2.05, 4.69) is 62.5 Å². The fourth-order valence-corrected chi connectivity index (χ4v) is 6.30. The summed E-state index contributed by atoms with van der Waals surface area (Å²) in [6.45, 7) is 3.52. The first kappa shape index (κ1) is 48.0. The lowest BCUT2D eigenvalue weighted by molar-refractivity contribution is -0.161. The van der Waals surface area contributed by atoms with E-state index in [1.54, 1.807) is 0 Å². The molecule has 3 unspecified atom stereocenters. The molecule has 1 rings (SSSR count). The molecule has 0 radical (unpaired) electrons. The topological polar surface area (TPSA) is 147 Å². The molecule has 1 saturated heterocycles. The van der Waals surface area contributed by atoms with E-state index < -0.39 is 32.5 Å². The third-order valence-electron chi connectivity index (χ3n) is 8.62. The van der Waals surface area contributed by atoms with Crippen LogP contribution in [0, 0.1) is 0 Å². The maximum atomic E-state index is 12.6. The van der Waals surface area contributed by atoms with Gasteiger partial charge in [0.2, 0.25) is 0 Å². The predicted octanol–water partition coefficient (Wildman–Crippen LogP) is 10.1. The first-order chi connectivity index (χ1) is 25.3. The normalized spacial score (nSPS) is 17.8. The molecular weight excluding hydrogens is 681 g/mol. The molecule has 0 aromatic heterocycles. The van der Waals surface area contributed by atoms with Crippen LogP contribution < -0.4 is 5.73 Å². The van der Waals surface area contributed by atoms with Crippen molar-refractivity contribution in [2.24, 2.45) is 5.73 Å². The van der Waals surface area contributed by atoms with Gasteiger partial charge in [-0.1, -0.05) is 120 Å². The monoisotopic (exact) mass is 753 g/mol. The van der Waals surface area contributed by atoms with Crippen LogP contribution in [0.3, 0.4) is 0 Å². The lowest BCUT2D eigenvalue weighted by atomic mass is 10.1. The number of allylic oxidation sites excluding steroid dienone is 7. The molecule has 11 heteroatoms. The third-order valence-corrected chi connectivity index (χ3v) is 9.61. The second kappa shape index (κ2) is 33.5. The van der Waals surface area contributed by atoms with Gasteiger partial charge in [-0.3, -0.25) is 18.6 Å². The van der Waals surface area contributed by atoms with Crippen LogP contribution >= 0.6 is 7.82 Å². The Morgan fingerprint density at radius 3 is 2.00 bits per heavy atom. The van der Waals surface area contributed by atoms with Gasteiger partial charge in [0.15, 0.2) is 6.10 Å². The van der Waals surface area contributed by atoms with Crippen LogP contribution in [0.15, 0.2) is 48.6 Å². The van der Waals surface area contributed by atoms with Crippen LogP contribution in [0.4, 0.5) is 0 Å². The highest BCUT2D eigenvalue weighted by atomic mass is 31.2. The Hall–Kier alpha value is -2.07. The molecule has 0 spiro atoms. The number of phosphoric ester groups is 1. The molecule has 0 bridgehead atoms. The number of carbonyl (C=O) groups is 2. The number of esters is 2. The van der Waals surface area contributed by atoms with E-state index in [0.29, 0.717) is 25.0 Å². The Kier molecular flexibility index (Phi) is 30.9. The van der Waals surface area contributed by atoms with E-state index in [0.717, 1.165) is 96.3 Å². The summed E-state index contributed by atoms with van der Waals surface area (Å²) >= 11 is 0. The summed E-state index contributed by atoms with van der Waals surface area (Å²) in [6.07, 6.45) is 38.7. The summed E-state index contributed by atoms with van der Waals surface area (Å²) in [5, 5.41) is 0. The van der Waals surface area contributed by atoms with Gasteiger partial charge < -0.3 is 24.8 Å². The third kappa shape index (κ3) is 30.4. The zero-order valence-corrected chi connectivity index (χ0v) is 33.4. The van der Waals surface area contributed by atoms with Crippen molar-refractivity contribution in [2.75, 3.05) is 26.4 Å². The van der Waals surface area contributed by atoms with E-state index in [1.807, 2.05) is 0 Å². The Morgan fingerprint density at radius 1 is 0.712 bits per heavy atom. The van der Waals surface area contributed by atoms with Crippen LogP contribution in [-0.2, 0) is 37.4 Å². The molecule has 0 aliphatic carbocycles. The van der Waals surface area contributed by atoms with E-state index in [4.69, 9.17) is 29.0 Å². The van der Waals surface area contributed by atoms with Crippen LogP contribution in [0.25, 0.3) is 0 Å². The standard InChI is InChI=1S/C41H72NO9P/c1-3-5-7-9-11-12-13-14-15-16-17-18-19-23-27-31-40(43)47-35-37(36-49-52(45,46)48-34-33-42)50-41(44)32-28-24-20-22-26-30-39-38(51-39)29-25-21-10-8-6-4-2/h5,7,11-12,14-15,21,25,37-39H,3-4,6,8-10,13,16-20,22-24,26-36,42H2,1-2H3,(H,45,46)/b7-5-,12-11-,15-14-,25-21-/t37-,38?,39?/m1/s1. The van der Waals surface area contributed by atoms with Gasteiger partial charge in [-0.25, -0.2) is 4.57 Å². The summed E-state index contributed by atoms with van der Waals surface area (Å²) < 4.78 is 38.5. The molecule has 0 aromatic rings. The van der Waals surface area contributed by atoms with Crippen molar-refractivity contribution in [3.8, 4) is 0 Å². The lowest BCUT2D eigenvalue weighted by Crippen LogP contribution is -2.29. The first-order valence-corrected chi connectivity index (χ1v) is 21.7. The molecule has 1 aliphatic heterocycles. The second-order valence-electron chi connectivity index (χ2n) is 13.5. The van der Waals surface area contributed by atoms with Gasteiger partial charge in [-0.15, -0.1) is 0 Å². The first-order valence-electron chi connectivity index (χ1n) is 20.2. The number of unbranched alkanes of at least 4 members (excludes halogenated alkanes) is 12. The zero-order chi connectivity index (χ0) is 38.0. The molecule has 3 N–H and O–H groups in total. The summed E-state index contributed by atoms with van der Waals surface area (Å²) in [6, 6.07) is 0. The van der Waals surface area contributed by atoms with Crippen molar-refractivity contribution in [3.05, 3.63) is 48.6 Å². The summed E-state index contributed by atoms with van der Waals surface area (Å²) in [4.78, 5) is 34.8. The largest absolute Gasteiger partial charge is 0.472 e. The second-order valence-corrected chi connectivity index (χ2v) is 15.0. The van der Waals surface area contributed by atoms with Crippen LogP contribution in [-0.4, -0.2) is 61.5 Å². The van der Waals surface area contributed by atoms with Crippen molar-refractivity contribution >= 4 is 19.8 Å². The van der Waals surface area contributed by atoms with Gasteiger partial charge in [0, 0.05) is 19.4 Å². The molecule has 1 heterocycles. The number of hydrogen-bond donors (Lipinski definition) is 2. The molecule has 0 saturated carbocycles. The summed E-state index contributed by atoms with van der Waals surface area (Å²) in [5.74, 6) is -0.876. The number of phosphoric acid groups is 1. The summed E-state index contributed by atoms with van der Waals surface area (Å²) in [7, 11) is -4.39. The van der Waals surface area contributed by atoms with Gasteiger partial charge in [-0.05, 0) is 70.6 Å². The summed E-state index contributed by atoms with van der Waals surface area (Å²) in [5.41, 5.74) is 5.34. The number of epoxide rings is 1. The molecule has 0 aromatic carbocycles. The predicted molar refractivity (Wildman–Crippen MR) is 210 cm³/mol. The maximum Gasteiger partial charge on any atom is 0.472 e. The Labute approximate surface area is 315 Å². The number of nitrogens with two attached hydrogens (primary N) is 1. The zero-order valence-electron chi connectivity index (χ0n) is 32.5. The van der Waals surface area contributed by atoms with E-state index in [-0.39, 0.29) is 32.6 Å². The van der Waals surface area contributed by atoms with E-state index >= 15 is 0 Å². The quantitative estimate of drug-likeness (QED) is 0.0208. The molecule has 300 valence electrons.